The molecular formula is C80H61BN4O2S. The molecule has 0 amide bonds. The van der Waals surface area contributed by atoms with Crippen molar-refractivity contribution in [3.63, 3.8) is 0 Å². The Hall–Kier alpha value is -10.3. The maximum absolute atomic E-state index is 7.56. The van der Waals surface area contributed by atoms with Gasteiger partial charge < -0.3 is 28.4 Å². The first-order valence-corrected chi connectivity index (χ1v) is 31.3. The Balaban J connectivity index is 0.976. The molecule has 0 aliphatic carbocycles. The standard InChI is InChI=1S/C80H61BN4O2S/c1-79(2,3)50-35-39-54(40-36-50)84-64-29-20-30-65-75(64)81(63-46-44-56(47-67(63)84)83(57-43-45-60-59-26-15-18-34-72(59)88-73(60)48-57)66-31-19-28-61-58-25-13-16-32-70(58)86-77(61)66)76-69(85(65)55-41-37-51(38-42-55)80(4,5)6)49-68(74-62-27-14-17-33-71(62)87-78(74)76)82(52-21-9-7-10-22-52)53-23-11-8-12-24-53/h7-49H,1-6H3. The maximum Gasteiger partial charge on any atom is 0.257 e. The van der Waals surface area contributed by atoms with E-state index in [-0.39, 0.29) is 17.5 Å². The zero-order valence-electron chi connectivity index (χ0n) is 49.9. The second-order valence-electron chi connectivity index (χ2n) is 25.7. The first kappa shape index (κ1) is 52.1. The van der Waals surface area contributed by atoms with Crippen molar-refractivity contribution >= 4 is 167 Å². The molecular weight excluding hydrogens is 1090 g/mol. The minimum atomic E-state index is -0.276. The van der Waals surface area contributed by atoms with Gasteiger partial charge in [0.05, 0.1) is 16.8 Å². The van der Waals surface area contributed by atoms with Gasteiger partial charge in [-0.1, -0.05) is 187 Å². The molecule has 0 N–H and O–H groups in total. The molecule has 17 rings (SSSR count). The molecule has 0 unspecified atom stereocenters. The van der Waals surface area contributed by atoms with Gasteiger partial charge in [0.2, 0.25) is 0 Å². The lowest BCUT2D eigenvalue weighted by Gasteiger charge is -2.44. The summed E-state index contributed by atoms with van der Waals surface area (Å²) in [6.45, 7) is 13.5. The SMILES string of the molecule is CC(C)(C)c1ccc(N2c3cc(N(c4ccc5c(c4)sc4ccccc45)c4cccc5c4oc4ccccc45)ccc3B3c4c2cccc4N(c2ccc(C(C)(C)C)cc2)c2cc(N(c4ccccc4)c4ccccc4)c4c(oc5ccccc54)c23)cc1. The fourth-order valence-corrected chi connectivity index (χ4v) is 15.3. The summed E-state index contributed by atoms with van der Waals surface area (Å²) in [7, 11) is 0. The Morgan fingerprint density at radius 1 is 0.352 bits per heavy atom. The maximum atomic E-state index is 7.56. The van der Waals surface area contributed by atoms with E-state index in [0.29, 0.717) is 0 Å². The van der Waals surface area contributed by atoms with Crippen LogP contribution in [0.15, 0.2) is 270 Å². The van der Waals surface area contributed by atoms with Crippen LogP contribution in [0.3, 0.4) is 0 Å². The molecule has 0 atom stereocenters. The number of thiophene rings is 1. The van der Waals surface area contributed by atoms with Gasteiger partial charge in [0.25, 0.3) is 6.71 Å². The molecule has 15 aromatic rings. The van der Waals surface area contributed by atoms with Crippen molar-refractivity contribution in [3.05, 3.63) is 272 Å². The molecule has 422 valence electrons. The average Bonchev–Trinajstić information content (AvgIpc) is 0.996. The van der Waals surface area contributed by atoms with Gasteiger partial charge in [0, 0.05) is 93.2 Å². The van der Waals surface area contributed by atoms with Crippen LogP contribution in [0.1, 0.15) is 52.7 Å². The van der Waals surface area contributed by atoms with E-state index in [1.807, 2.05) is 11.3 Å². The van der Waals surface area contributed by atoms with Crippen LogP contribution < -0.4 is 36.0 Å². The van der Waals surface area contributed by atoms with Crippen molar-refractivity contribution in [1.82, 2.24) is 0 Å². The van der Waals surface area contributed by atoms with Crippen LogP contribution in [-0.2, 0) is 10.8 Å². The third kappa shape index (κ3) is 8.08. The van der Waals surface area contributed by atoms with Gasteiger partial charge in [-0.25, -0.2) is 0 Å². The Kier molecular flexibility index (Phi) is 11.6. The second-order valence-corrected chi connectivity index (χ2v) is 26.7. The van der Waals surface area contributed by atoms with Crippen molar-refractivity contribution < 1.29 is 8.83 Å². The minimum Gasteiger partial charge on any atom is -0.456 e. The summed E-state index contributed by atoms with van der Waals surface area (Å²) in [5.74, 6) is 0. The van der Waals surface area contributed by atoms with E-state index in [1.54, 1.807) is 0 Å². The molecule has 3 aromatic heterocycles. The molecule has 0 saturated carbocycles. The number of furan rings is 2. The Labute approximate surface area is 516 Å². The van der Waals surface area contributed by atoms with Gasteiger partial charge in [-0.2, -0.15) is 0 Å². The summed E-state index contributed by atoms with van der Waals surface area (Å²) in [6.07, 6.45) is 0. The number of benzene rings is 12. The Morgan fingerprint density at radius 3 is 1.52 bits per heavy atom. The quantitative estimate of drug-likeness (QED) is 0.141. The van der Waals surface area contributed by atoms with E-state index in [1.165, 1.54) is 42.2 Å². The number of fused-ring (bicyclic) bond motifs is 14. The van der Waals surface area contributed by atoms with Crippen molar-refractivity contribution in [3.8, 4) is 0 Å². The molecule has 12 aromatic carbocycles. The van der Waals surface area contributed by atoms with E-state index >= 15 is 0 Å². The minimum absolute atomic E-state index is 0.0417. The molecule has 0 spiro atoms. The van der Waals surface area contributed by atoms with Crippen LogP contribution >= 0.6 is 11.3 Å². The van der Waals surface area contributed by atoms with Gasteiger partial charge in [0.15, 0.2) is 5.58 Å². The average molecular weight is 1150 g/mol. The second kappa shape index (κ2) is 19.6. The van der Waals surface area contributed by atoms with Crippen molar-refractivity contribution in [2.75, 3.05) is 19.6 Å². The highest BCUT2D eigenvalue weighted by Gasteiger charge is 2.46. The van der Waals surface area contributed by atoms with Crippen LogP contribution in [0.25, 0.3) is 64.0 Å². The van der Waals surface area contributed by atoms with E-state index < -0.39 is 0 Å². The summed E-state index contributed by atoms with van der Waals surface area (Å²) >= 11 is 1.84. The molecule has 8 heteroatoms. The van der Waals surface area contributed by atoms with Crippen molar-refractivity contribution in [2.24, 2.45) is 0 Å². The number of hydrogen-bond donors (Lipinski definition) is 0. The van der Waals surface area contributed by atoms with Crippen LogP contribution in [0, 0.1) is 0 Å². The van der Waals surface area contributed by atoms with Crippen LogP contribution in [0.5, 0.6) is 0 Å². The van der Waals surface area contributed by atoms with E-state index in [0.717, 1.165) is 118 Å². The first-order chi connectivity index (χ1) is 42.9. The fraction of sp³-hybridized carbons (Fsp3) is 0.100. The molecule has 2 aliphatic heterocycles. The van der Waals surface area contributed by atoms with Crippen LogP contribution in [0.4, 0.5) is 68.2 Å². The number of hydrogen-bond acceptors (Lipinski definition) is 7. The number of para-hydroxylation sites is 5. The van der Waals surface area contributed by atoms with Crippen molar-refractivity contribution in [1.29, 1.82) is 0 Å². The molecule has 0 fully saturated rings. The van der Waals surface area contributed by atoms with E-state index in [9.17, 15) is 0 Å². The number of anilines is 12. The smallest absolute Gasteiger partial charge is 0.257 e. The summed E-state index contributed by atoms with van der Waals surface area (Å²) in [4.78, 5) is 9.87. The van der Waals surface area contributed by atoms with Crippen molar-refractivity contribution in [2.45, 2.75) is 52.4 Å². The zero-order chi connectivity index (χ0) is 59.2. The molecule has 88 heavy (non-hydrogen) atoms. The van der Waals surface area contributed by atoms with Gasteiger partial charge in [-0.15, -0.1) is 11.3 Å². The Morgan fingerprint density at radius 2 is 0.864 bits per heavy atom. The molecule has 0 radical (unpaired) electrons. The highest BCUT2D eigenvalue weighted by atomic mass is 32.1. The Bertz CT molecular complexity index is 5230. The summed E-state index contributed by atoms with van der Waals surface area (Å²) in [5, 5.41) is 6.81. The summed E-state index contributed by atoms with van der Waals surface area (Å²) in [5.41, 5.74) is 22.0. The largest absolute Gasteiger partial charge is 0.456 e. The number of rotatable bonds is 8. The van der Waals surface area contributed by atoms with Gasteiger partial charge >= 0.3 is 0 Å². The van der Waals surface area contributed by atoms with E-state index in [2.05, 4.69) is 322 Å². The van der Waals surface area contributed by atoms with Gasteiger partial charge in [-0.3, -0.25) is 0 Å². The molecule has 2 aliphatic rings. The normalized spacial score (nSPS) is 13.0. The highest BCUT2D eigenvalue weighted by molar-refractivity contribution is 7.25. The highest BCUT2D eigenvalue weighted by Crippen LogP contribution is 2.52. The predicted molar refractivity (Wildman–Crippen MR) is 375 cm³/mol. The van der Waals surface area contributed by atoms with Crippen LogP contribution in [0.2, 0.25) is 0 Å². The molecule has 0 saturated heterocycles. The predicted octanol–water partition coefficient (Wildman–Crippen LogP) is 21.5. The third-order valence-electron chi connectivity index (χ3n) is 18.3. The summed E-state index contributed by atoms with van der Waals surface area (Å²) in [6, 6.07) is 96.0. The molecule has 0 bridgehead atoms. The topological polar surface area (TPSA) is 39.2 Å². The zero-order valence-corrected chi connectivity index (χ0v) is 50.7. The lowest BCUT2D eigenvalue weighted by Crippen LogP contribution is -2.61. The first-order valence-electron chi connectivity index (χ1n) is 30.5. The van der Waals surface area contributed by atoms with Gasteiger partial charge in [0.1, 0.15) is 16.7 Å². The fourth-order valence-electron chi connectivity index (χ4n) is 14.1. The number of nitrogens with zero attached hydrogens (tertiary/aromatic N) is 4. The summed E-state index contributed by atoms with van der Waals surface area (Å²) < 4.78 is 17.0. The third-order valence-corrected chi connectivity index (χ3v) is 19.5. The monoisotopic (exact) mass is 1150 g/mol. The van der Waals surface area contributed by atoms with Crippen LogP contribution in [-0.4, -0.2) is 6.71 Å². The lowest BCUT2D eigenvalue weighted by molar-refractivity contribution is 0.590. The van der Waals surface area contributed by atoms with E-state index in [4.69, 9.17) is 8.83 Å². The molecule has 5 heterocycles. The molecule has 6 nitrogen and oxygen atoms in total. The lowest BCUT2D eigenvalue weighted by atomic mass is 9.33. The van der Waals surface area contributed by atoms with Gasteiger partial charge in [-0.05, 0) is 154 Å².